The van der Waals surface area contributed by atoms with E-state index in [9.17, 15) is 9.90 Å². The predicted molar refractivity (Wildman–Crippen MR) is 81.2 cm³/mol. The average molecular weight is 288 g/mol. The van der Waals surface area contributed by atoms with Crippen LogP contribution in [0.4, 0.5) is 5.69 Å². The monoisotopic (exact) mass is 288 g/mol. The summed E-state index contributed by atoms with van der Waals surface area (Å²) < 4.78 is 1.57. The lowest BCUT2D eigenvalue weighted by Crippen LogP contribution is -2.47. The van der Waals surface area contributed by atoms with E-state index in [0.29, 0.717) is 11.4 Å². The fourth-order valence-electron chi connectivity index (χ4n) is 1.82. The molecule has 0 aliphatic carbocycles. The lowest BCUT2D eigenvalue weighted by molar-refractivity contribution is 0.0467. The summed E-state index contributed by atoms with van der Waals surface area (Å²) in [6.07, 6.45) is 1.69. The Bertz CT molecular complexity index is 649. The highest BCUT2D eigenvalue weighted by molar-refractivity contribution is 5.92. The van der Waals surface area contributed by atoms with Crippen LogP contribution in [0.1, 0.15) is 24.3 Å². The molecule has 0 atom stereocenters. The average Bonchev–Trinajstić information content (AvgIpc) is 2.95. The number of hydrogen-bond acceptors (Lipinski definition) is 4. The Balaban J connectivity index is 2.29. The van der Waals surface area contributed by atoms with Crippen molar-refractivity contribution in [2.75, 3.05) is 19.4 Å². The zero-order chi connectivity index (χ0) is 15.6. The van der Waals surface area contributed by atoms with E-state index in [1.54, 1.807) is 43.9 Å². The van der Waals surface area contributed by atoms with Gasteiger partial charge in [0.05, 0.1) is 23.5 Å². The van der Waals surface area contributed by atoms with Crippen molar-refractivity contribution in [1.29, 1.82) is 0 Å². The van der Waals surface area contributed by atoms with E-state index in [1.807, 2.05) is 18.2 Å². The number of carbonyl (C=O) groups is 1. The van der Waals surface area contributed by atoms with E-state index in [-0.39, 0.29) is 12.5 Å². The summed E-state index contributed by atoms with van der Waals surface area (Å²) in [6, 6.07) is 8.94. The second-order valence-electron chi connectivity index (χ2n) is 5.54. The maximum atomic E-state index is 12.4. The molecule has 0 radical (unpaired) electrons. The summed E-state index contributed by atoms with van der Waals surface area (Å²) in [6.45, 7) is 3.45. The Morgan fingerprint density at radius 2 is 2.05 bits per heavy atom. The van der Waals surface area contributed by atoms with E-state index in [1.165, 1.54) is 4.90 Å². The highest BCUT2D eigenvalue weighted by Crippen LogP contribution is 2.18. The smallest absolute Gasteiger partial charge is 0.274 e. The summed E-state index contributed by atoms with van der Waals surface area (Å²) >= 11 is 0. The van der Waals surface area contributed by atoms with Gasteiger partial charge < -0.3 is 15.7 Å². The van der Waals surface area contributed by atoms with Crippen molar-refractivity contribution in [2.24, 2.45) is 0 Å². The first-order chi connectivity index (χ1) is 9.86. The highest BCUT2D eigenvalue weighted by Gasteiger charge is 2.28. The third kappa shape index (κ3) is 2.90. The molecule has 1 aromatic carbocycles. The molecule has 21 heavy (non-hydrogen) atoms. The topological polar surface area (TPSA) is 84.4 Å². The van der Waals surface area contributed by atoms with Crippen molar-refractivity contribution < 1.29 is 9.90 Å². The molecule has 112 valence electrons. The first-order valence-corrected chi connectivity index (χ1v) is 6.66. The van der Waals surface area contributed by atoms with Crippen molar-refractivity contribution in [3.8, 4) is 5.69 Å². The number of nitrogens with zero attached hydrogens (tertiary/aromatic N) is 3. The number of rotatable bonds is 4. The number of aliphatic hydroxyl groups is 1. The van der Waals surface area contributed by atoms with Gasteiger partial charge in [0.25, 0.3) is 5.91 Å². The summed E-state index contributed by atoms with van der Waals surface area (Å²) in [5.74, 6) is -0.248. The molecule has 2 rings (SSSR count). The highest BCUT2D eigenvalue weighted by atomic mass is 16.3. The number of anilines is 1. The molecule has 0 spiro atoms. The molecule has 6 nitrogen and oxygen atoms in total. The van der Waals surface area contributed by atoms with Crippen LogP contribution < -0.4 is 5.73 Å². The van der Waals surface area contributed by atoms with E-state index < -0.39 is 5.54 Å². The number of nitrogen functional groups attached to an aromatic ring is 1. The van der Waals surface area contributed by atoms with Crippen LogP contribution in [0.3, 0.4) is 0 Å². The van der Waals surface area contributed by atoms with E-state index in [0.717, 1.165) is 5.69 Å². The molecule has 6 heteroatoms. The molecule has 0 bridgehead atoms. The van der Waals surface area contributed by atoms with Crippen molar-refractivity contribution >= 4 is 11.6 Å². The predicted octanol–water partition coefficient (Wildman–Crippen LogP) is 1.30. The standard InChI is InChI=1S/C15H20N4O2/c1-15(2,10-20)18(3)14(21)12-8-9-19(17-12)13-7-5-4-6-11(13)16/h4-9,20H,10,16H2,1-3H3. The van der Waals surface area contributed by atoms with Crippen molar-refractivity contribution in [3.05, 3.63) is 42.2 Å². The SMILES string of the molecule is CN(C(=O)c1ccn(-c2ccccc2N)n1)C(C)(C)CO. The second kappa shape index (κ2) is 5.57. The Kier molecular flexibility index (Phi) is 3.99. The van der Waals surface area contributed by atoms with Crippen molar-refractivity contribution in [3.63, 3.8) is 0 Å². The first kappa shape index (κ1) is 15.1. The van der Waals surface area contributed by atoms with Gasteiger partial charge in [-0.15, -0.1) is 0 Å². The molecule has 3 N–H and O–H groups in total. The number of aromatic nitrogens is 2. The quantitative estimate of drug-likeness (QED) is 0.830. The molecule has 2 aromatic rings. The minimum absolute atomic E-state index is 0.123. The minimum Gasteiger partial charge on any atom is -0.397 e. The third-order valence-corrected chi connectivity index (χ3v) is 3.59. The zero-order valence-electron chi connectivity index (χ0n) is 12.4. The Labute approximate surface area is 123 Å². The fourth-order valence-corrected chi connectivity index (χ4v) is 1.82. The van der Waals surface area contributed by atoms with E-state index in [4.69, 9.17) is 5.73 Å². The van der Waals surface area contributed by atoms with Gasteiger partial charge in [0.15, 0.2) is 5.69 Å². The minimum atomic E-state index is -0.646. The molecule has 0 fully saturated rings. The van der Waals surface area contributed by atoms with Crippen LogP contribution in [0.2, 0.25) is 0 Å². The molecular weight excluding hydrogens is 268 g/mol. The van der Waals surface area contributed by atoms with Crippen molar-refractivity contribution in [2.45, 2.75) is 19.4 Å². The Morgan fingerprint density at radius 3 is 2.67 bits per heavy atom. The molecule has 1 heterocycles. The normalized spacial score (nSPS) is 11.4. The van der Waals surface area contributed by atoms with Gasteiger partial charge >= 0.3 is 0 Å². The molecule has 1 amide bonds. The fraction of sp³-hybridized carbons (Fsp3) is 0.333. The Morgan fingerprint density at radius 1 is 1.38 bits per heavy atom. The summed E-state index contributed by atoms with van der Waals surface area (Å²) in [4.78, 5) is 13.9. The summed E-state index contributed by atoms with van der Waals surface area (Å²) in [5.41, 5.74) is 6.87. The Hall–Kier alpha value is -2.34. The number of nitrogens with two attached hydrogens (primary N) is 1. The molecule has 0 saturated heterocycles. The molecule has 0 aliphatic rings. The molecule has 0 unspecified atom stereocenters. The first-order valence-electron chi connectivity index (χ1n) is 6.66. The number of likely N-dealkylation sites (N-methyl/N-ethyl adjacent to an activating group) is 1. The van der Waals surface area contributed by atoms with Crippen LogP contribution in [0, 0.1) is 0 Å². The molecule has 1 aromatic heterocycles. The van der Waals surface area contributed by atoms with Crippen LogP contribution >= 0.6 is 0 Å². The van der Waals surface area contributed by atoms with Gasteiger partial charge in [-0.05, 0) is 32.0 Å². The summed E-state index contributed by atoms with van der Waals surface area (Å²) in [5, 5.41) is 13.6. The van der Waals surface area contributed by atoms with Gasteiger partial charge in [0, 0.05) is 13.2 Å². The van der Waals surface area contributed by atoms with Gasteiger partial charge in [-0.3, -0.25) is 4.79 Å². The van der Waals surface area contributed by atoms with Gasteiger partial charge in [-0.2, -0.15) is 5.10 Å². The van der Waals surface area contributed by atoms with Crippen LogP contribution in [0.15, 0.2) is 36.5 Å². The third-order valence-electron chi connectivity index (χ3n) is 3.59. The second-order valence-corrected chi connectivity index (χ2v) is 5.54. The van der Waals surface area contributed by atoms with E-state index >= 15 is 0 Å². The number of para-hydroxylation sites is 2. The number of carbonyl (C=O) groups excluding carboxylic acids is 1. The number of hydrogen-bond donors (Lipinski definition) is 2. The molecular formula is C15H20N4O2. The van der Waals surface area contributed by atoms with Gasteiger partial charge in [-0.25, -0.2) is 4.68 Å². The maximum Gasteiger partial charge on any atom is 0.274 e. The number of amides is 1. The summed E-state index contributed by atoms with van der Waals surface area (Å²) in [7, 11) is 1.65. The van der Waals surface area contributed by atoms with Crippen LogP contribution in [-0.4, -0.2) is 44.9 Å². The largest absolute Gasteiger partial charge is 0.397 e. The van der Waals surface area contributed by atoms with E-state index in [2.05, 4.69) is 5.10 Å². The number of aliphatic hydroxyl groups excluding tert-OH is 1. The van der Waals surface area contributed by atoms with Crippen LogP contribution in [0.25, 0.3) is 5.69 Å². The lowest BCUT2D eigenvalue weighted by Gasteiger charge is -2.33. The van der Waals surface area contributed by atoms with Gasteiger partial charge in [-0.1, -0.05) is 12.1 Å². The van der Waals surface area contributed by atoms with Crippen LogP contribution in [-0.2, 0) is 0 Å². The number of benzene rings is 1. The maximum absolute atomic E-state index is 12.4. The molecule has 0 saturated carbocycles. The molecule has 0 aliphatic heterocycles. The van der Waals surface area contributed by atoms with Gasteiger partial charge in [0.1, 0.15) is 0 Å². The zero-order valence-corrected chi connectivity index (χ0v) is 12.4. The van der Waals surface area contributed by atoms with Crippen LogP contribution in [0.5, 0.6) is 0 Å². The van der Waals surface area contributed by atoms with Crippen molar-refractivity contribution in [1.82, 2.24) is 14.7 Å². The van der Waals surface area contributed by atoms with Gasteiger partial charge in [0.2, 0.25) is 0 Å². The lowest BCUT2D eigenvalue weighted by atomic mass is 10.0.